The Bertz CT molecular complexity index is 576. The minimum atomic E-state index is -0.728. The van der Waals surface area contributed by atoms with Gasteiger partial charge in [-0.05, 0) is 17.7 Å². The van der Waals surface area contributed by atoms with E-state index in [1.54, 1.807) is 12.1 Å². The Labute approximate surface area is 127 Å². The van der Waals surface area contributed by atoms with Crippen molar-refractivity contribution in [2.75, 3.05) is 6.61 Å². The van der Waals surface area contributed by atoms with Crippen molar-refractivity contribution in [2.24, 2.45) is 5.73 Å². The lowest BCUT2D eigenvalue weighted by Gasteiger charge is -2.16. The van der Waals surface area contributed by atoms with Crippen molar-refractivity contribution in [1.29, 1.82) is 0 Å². The van der Waals surface area contributed by atoms with Crippen LogP contribution in [-0.4, -0.2) is 11.7 Å². The van der Waals surface area contributed by atoms with Crippen LogP contribution in [-0.2, 0) is 6.54 Å². The summed E-state index contributed by atoms with van der Waals surface area (Å²) in [6, 6.07) is 12.6. The highest BCUT2D eigenvalue weighted by molar-refractivity contribution is 6.35. The summed E-state index contributed by atoms with van der Waals surface area (Å²) in [5, 5.41) is 11.0. The van der Waals surface area contributed by atoms with Crippen molar-refractivity contribution in [3.8, 4) is 5.75 Å². The largest absolute Gasteiger partial charge is 0.489 e. The monoisotopic (exact) mass is 311 g/mol. The van der Waals surface area contributed by atoms with Gasteiger partial charge in [-0.15, -0.1) is 0 Å². The van der Waals surface area contributed by atoms with Gasteiger partial charge in [-0.1, -0.05) is 53.5 Å². The fourth-order valence-electron chi connectivity index (χ4n) is 1.86. The Balaban J connectivity index is 2.11. The fourth-order valence-corrected chi connectivity index (χ4v) is 2.45. The number of hydrogen-bond acceptors (Lipinski definition) is 3. The molecule has 0 radical (unpaired) electrons. The molecule has 2 aromatic rings. The SMILES string of the molecule is NCc1cc(Cl)cc(Cl)c1OCC(O)c1ccccc1. The molecule has 0 aromatic heterocycles. The summed E-state index contributed by atoms with van der Waals surface area (Å²) >= 11 is 12.0. The maximum atomic E-state index is 10.1. The number of halogens is 2. The van der Waals surface area contributed by atoms with E-state index in [9.17, 15) is 5.11 Å². The smallest absolute Gasteiger partial charge is 0.142 e. The van der Waals surface area contributed by atoms with E-state index in [0.717, 1.165) is 5.56 Å². The third-order valence-electron chi connectivity index (χ3n) is 2.88. The van der Waals surface area contributed by atoms with Crippen molar-refractivity contribution in [3.05, 3.63) is 63.6 Å². The highest BCUT2D eigenvalue weighted by Gasteiger charge is 2.13. The zero-order valence-corrected chi connectivity index (χ0v) is 12.2. The number of ether oxygens (including phenoxy) is 1. The Morgan fingerprint density at radius 2 is 1.85 bits per heavy atom. The molecule has 1 unspecified atom stereocenters. The predicted molar refractivity (Wildman–Crippen MR) is 81.3 cm³/mol. The van der Waals surface area contributed by atoms with Gasteiger partial charge in [-0.3, -0.25) is 0 Å². The zero-order chi connectivity index (χ0) is 14.5. The van der Waals surface area contributed by atoms with Crippen LogP contribution in [0.1, 0.15) is 17.2 Å². The first kappa shape index (κ1) is 15.1. The molecule has 2 aromatic carbocycles. The fraction of sp³-hybridized carbons (Fsp3) is 0.200. The molecule has 0 amide bonds. The Morgan fingerprint density at radius 1 is 1.15 bits per heavy atom. The van der Waals surface area contributed by atoms with Crippen LogP contribution in [0.4, 0.5) is 0 Å². The lowest BCUT2D eigenvalue weighted by Crippen LogP contribution is -2.11. The second kappa shape index (κ2) is 6.95. The van der Waals surface area contributed by atoms with Gasteiger partial charge in [-0.25, -0.2) is 0 Å². The lowest BCUT2D eigenvalue weighted by atomic mass is 10.1. The Kier molecular flexibility index (Phi) is 5.26. The van der Waals surface area contributed by atoms with Crippen LogP contribution in [0.3, 0.4) is 0 Å². The van der Waals surface area contributed by atoms with E-state index in [4.69, 9.17) is 33.7 Å². The minimum Gasteiger partial charge on any atom is -0.489 e. The minimum absolute atomic E-state index is 0.0956. The third kappa shape index (κ3) is 3.64. The van der Waals surface area contributed by atoms with Gasteiger partial charge in [0.2, 0.25) is 0 Å². The normalized spacial score (nSPS) is 12.2. The van der Waals surface area contributed by atoms with Crippen molar-refractivity contribution in [1.82, 2.24) is 0 Å². The zero-order valence-electron chi connectivity index (χ0n) is 10.7. The number of nitrogens with two attached hydrogens (primary N) is 1. The van der Waals surface area contributed by atoms with Gasteiger partial charge in [0.25, 0.3) is 0 Å². The average molecular weight is 312 g/mol. The molecular weight excluding hydrogens is 297 g/mol. The van der Waals surface area contributed by atoms with Gasteiger partial charge in [0.15, 0.2) is 0 Å². The average Bonchev–Trinajstić information content (AvgIpc) is 2.46. The molecule has 3 N–H and O–H groups in total. The van der Waals surface area contributed by atoms with Gasteiger partial charge in [0.05, 0.1) is 5.02 Å². The van der Waals surface area contributed by atoms with Gasteiger partial charge >= 0.3 is 0 Å². The molecule has 0 aliphatic carbocycles. The molecule has 0 heterocycles. The summed E-state index contributed by atoms with van der Waals surface area (Å²) in [7, 11) is 0. The second-order valence-electron chi connectivity index (χ2n) is 4.32. The predicted octanol–water partition coefficient (Wildman–Crippen LogP) is 3.56. The molecule has 0 fully saturated rings. The number of benzene rings is 2. The van der Waals surface area contributed by atoms with Crippen LogP contribution in [0.5, 0.6) is 5.75 Å². The van der Waals surface area contributed by atoms with Crippen LogP contribution in [0, 0.1) is 0 Å². The molecule has 0 saturated carbocycles. The first-order chi connectivity index (χ1) is 9.61. The van der Waals surface area contributed by atoms with Crippen LogP contribution in [0.25, 0.3) is 0 Å². The summed E-state index contributed by atoms with van der Waals surface area (Å²) in [4.78, 5) is 0. The van der Waals surface area contributed by atoms with Crippen LogP contribution in [0.15, 0.2) is 42.5 Å². The molecule has 106 valence electrons. The highest BCUT2D eigenvalue weighted by atomic mass is 35.5. The van der Waals surface area contributed by atoms with Gasteiger partial charge < -0.3 is 15.6 Å². The molecule has 0 bridgehead atoms. The summed E-state index contributed by atoms with van der Waals surface area (Å²) in [5.74, 6) is 0.466. The molecule has 3 nitrogen and oxygen atoms in total. The van der Waals surface area contributed by atoms with Crippen molar-refractivity contribution >= 4 is 23.2 Å². The third-order valence-corrected chi connectivity index (χ3v) is 3.37. The van der Waals surface area contributed by atoms with Crippen molar-refractivity contribution in [2.45, 2.75) is 12.6 Å². The van der Waals surface area contributed by atoms with E-state index in [1.807, 2.05) is 30.3 Å². The van der Waals surface area contributed by atoms with Gasteiger partial charge in [0.1, 0.15) is 18.5 Å². The Morgan fingerprint density at radius 3 is 2.50 bits per heavy atom. The van der Waals surface area contributed by atoms with E-state index in [1.165, 1.54) is 0 Å². The Hall–Kier alpha value is -1.26. The molecule has 0 spiro atoms. The number of aliphatic hydroxyl groups excluding tert-OH is 1. The first-order valence-corrected chi connectivity index (χ1v) is 6.91. The maximum absolute atomic E-state index is 10.1. The molecular formula is C15H15Cl2NO2. The van der Waals surface area contributed by atoms with Gasteiger partial charge in [0, 0.05) is 17.1 Å². The number of rotatable bonds is 5. The van der Waals surface area contributed by atoms with Crippen molar-refractivity contribution in [3.63, 3.8) is 0 Å². The molecule has 0 saturated heterocycles. The topological polar surface area (TPSA) is 55.5 Å². The van der Waals surface area contributed by atoms with Crippen LogP contribution in [0.2, 0.25) is 10.0 Å². The molecule has 2 rings (SSSR count). The highest BCUT2D eigenvalue weighted by Crippen LogP contribution is 2.32. The van der Waals surface area contributed by atoms with E-state index in [0.29, 0.717) is 21.4 Å². The molecule has 0 aliphatic heterocycles. The summed E-state index contributed by atoms with van der Waals surface area (Å²) in [6.45, 7) is 0.357. The summed E-state index contributed by atoms with van der Waals surface area (Å²) in [5.41, 5.74) is 7.14. The molecule has 0 aliphatic rings. The second-order valence-corrected chi connectivity index (χ2v) is 5.16. The number of aliphatic hydroxyl groups is 1. The van der Waals surface area contributed by atoms with Crippen molar-refractivity contribution < 1.29 is 9.84 Å². The van der Waals surface area contributed by atoms with E-state index < -0.39 is 6.10 Å². The maximum Gasteiger partial charge on any atom is 0.142 e. The molecule has 1 atom stereocenters. The van der Waals surface area contributed by atoms with E-state index in [2.05, 4.69) is 0 Å². The molecule has 20 heavy (non-hydrogen) atoms. The van der Waals surface area contributed by atoms with E-state index in [-0.39, 0.29) is 13.2 Å². The quantitative estimate of drug-likeness (QED) is 0.887. The van der Waals surface area contributed by atoms with E-state index >= 15 is 0 Å². The lowest BCUT2D eigenvalue weighted by molar-refractivity contribution is 0.107. The first-order valence-electron chi connectivity index (χ1n) is 6.15. The summed E-state index contributed by atoms with van der Waals surface area (Å²) in [6.07, 6.45) is -0.728. The number of hydrogen-bond donors (Lipinski definition) is 2. The van der Waals surface area contributed by atoms with Gasteiger partial charge in [-0.2, -0.15) is 0 Å². The molecule has 5 heteroatoms. The van der Waals surface area contributed by atoms with Crippen LogP contribution >= 0.6 is 23.2 Å². The van der Waals surface area contributed by atoms with Crippen LogP contribution < -0.4 is 10.5 Å². The summed E-state index contributed by atoms with van der Waals surface area (Å²) < 4.78 is 5.61. The standard InChI is InChI=1S/C15H15Cl2NO2/c16-12-6-11(8-18)15(13(17)7-12)20-9-14(19)10-4-2-1-3-5-10/h1-7,14,19H,8-9,18H2.